The molecule has 1 heterocycles. The number of hydrogen-bond acceptors (Lipinski definition) is 3. The second-order valence-electron chi connectivity index (χ2n) is 5.55. The molecule has 0 saturated carbocycles. The summed E-state index contributed by atoms with van der Waals surface area (Å²) in [5.74, 6) is -0.239. The molecule has 1 N–H and O–H groups in total. The molecule has 0 atom stereocenters. The summed E-state index contributed by atoms with van der Waals surface area (Å²) < 4.78 is 0.917. The van der Waals surface area contributed by atoms with E-state index in [1.807, 2.05) is 12.1 Å². The first-order chi connectivity index (χ1) is 9.81. The largest absolute Gasteiger partial charge is 0.325 e. The van der Waals surface area contributed by atoms with Crippen molar-refractivity contribution >= 4 is 33.7 Å². The van der Waals surface area contributed by atoms with Crippen molar-refractivity contribution < 1.29 is 14.4 Å². The molecule has 0 radical (unpaired) electrons. The highest BCUT2D eigenvalue weighted by Crippen LogP contribution is 2.18. The van der Waals surface area contributed by atoms with Gasteiger partial charge in [0.05, 0.1) is 0 Å². The molecule has 0 unspecified atom stereocenters. The lowest BCUT2D eigenvalue weighted by molar-refractivity contribution is -0.130. The molecule has 3 amide bonds. The molecule has 1 aromatic rings. The minimum atomic E-state index is -0.854. The van der Waals surface area contributed by atoms with Crippen LogP contribution in [0.3, 0.4) is 0 Å². The van der Waals surface area contributed by atoms with Gasteiger partial charge in [0.1, 0.15) is 5.54 Å². The molecular formula is C15H17BrN2O3. The van der Waals surface area contributed by atoms with Crippen molar-refractivity contribution in [3.8, 4) is 0 Å². The third kappa shape index (κ3) is 3.50. The minimum absolute atomic E-state index is 0.00816. The topological polar surface area (TPSA) is 66.5 Å². The Morgan fingerprint density at radius 1 is 1.24 bits per heavy atom. The molecule has 0 bridgehead atoms. The molecule has 0 aromatic heterocycles. The normalized spacial score (nSPS) is 17.0. The SMILES string of the molecule is CC1(C)NC(=O)N(CCCC(=O)c2ccc(Br)cc2)C1=O. The number of rotatable bonds is 5. The third-order valence-electron chi connectivity index (χ3n) is 3.40. The molecule has 5 nitrogen and oxygen atoms in total. The van der Waals surface area contributed by atoms with Gasteiger partial charge in [-0.25, -0.2) is 4.79 Å². The predicted octanol–water partition coefficient (Wildman–Crippen LogP) is 2.74. The molecule has 2 rings (SSSR count). The standard InChI is InChI=1S/C15H17BrN2O3/c1-15(2)13(20)18(14(21)17-15)9-3-4-12(19)10-5-7-11(16)8-6-10/h5-8H,3-4,9H2,1-2H3,(H,17,21). The van der Waals surface area contributed by atoms with Gasteiger partial charge in [-0.2, -0.15) is 0 Å². The molecule has 112 valence electrons. The molecule has 1 fully saturated rings. The van der Waals surface area contributed by atoms with E-state index >= 15 is 0 Å². The number of urea groups is 1. The maximum atomic E-state index is 12.0. The van der Waals surface area contributed by atoms with Crippen molar-refractivity contribution in [2.24, 2.45) is 0 Å². The van der Waals surface area contributed by atoms with Crippen LogP contribution in [0.5, 0.6) is 0 Å². The summed E-state index contributed by atoms with van der Waals surface area (Å²) in [4.78, 5) is 36.8. The number of carbonyl (C=O) groups excluding carboxylic acids is 3. The van der Waals surface area contributed by atoms with Crippen LogP contribution in [0, 0.1) is 0 Å². The lowest BCUT2D eigenvalue weighted by Crippen LogP contribution is -2.40. The van der Waals surface area contributed by atoms with E-state index in [-0.39, 0.29) is 24.3 Å². The number of ketones is 1. The van der Waals surface area contributed by atoms with Gasteiger partial charge >= 0.3 is 6.03 Å². The number of nitrogens with one attached hydrogen (secondary N) is 1. The van der Waals surface area contributed by atoms with Crippen molar-refractivity contribution in [1.82, 2.24) is 10.2 Å². The van der Waals surface area contributed by atoms with E-state index in [9.17, 15) is 14.4 Å². The van der Waals surface area contributed by atoms with Crippen molar-refractivity contribution in [2.45, 2.75) is 32.2 Å². The van der Waals surface area contributed by atoms with Gasteiger partial charge in [0.25, 0.3) is 5.91 Å². The predicted molar refractivity (Wildman–Crippen MR) is 82.0 cm³/mol. The first-order valence-corrected chi connectivity index (χ1v) is 7.53. The summed E-state index contributed by atoms with van der Waals surface area (Å²) >= 11 is 3.32. The van der Waals surface area contributed by atoms with Crippen LogP contribution in [0.4, 0.5) is 4.79 Å². The Morgan fingerprint density at radius 2 is 1.86 bits per heavy atom. The summed E-state index contributed by atoms with van der Waals surface area (Å²) in [7, 11) is 0. The number of benzene rings is 1. The number of hydrogen-bond donors (Lipinski definition) is 1. The fourth-order valence-electron chi connectivity index (χ4n) is 2.20. The maximum Gasteiger partial charge on any atom is 0.325 e. The van der Waals surface area contributed by atoms with Crippen LogP contribution in [-0.2, 0) is 4.79 Å². The Bertz CT molecular complexity index is 581. The van der Waals surface area contributed by atoms with Crippen molar-refractivity contribution in [3.05, 3.63) is 34.3 Å². The van der Waals surface area contributed by atoms with Crippen LogP contribution in [0.1, 0.15) is 37.0 Å². The number of amides is 3. The van der Waals surface area contributed by atoms with Crippen LogP contribution in [-0.4, -0.2) is 34.7 Å². The summed E-state index contributed by atoms with van der Waals surface area (Å²) in [6.45, 7) is 3.59. The van der Waals surface area contributed by atoms with E-state index in [0.717, 1.165) is 4.47 Å². The monoisotopic (exact) mass is 352 g/mol. The molecule has 6 heteroatoms. The van der Waals surface area contributed by atoms with E-state index in [1.165, 1.54) is 4.90 Å². The van der Waals surface area contributed by atoms with Gasteiger partial charge in [-0.05, 0) is 32.4 Å². The lowest BCUT2D eigenvalue weighted by Gasteiger charge is -2.15. The zero-order valence-corrected chi connectivity index (χ0v) is 13.6. The van der Waals surface area contributed by atoms with Crippen molar-refractivity contribution in [2.75, 3.05) is 6.54 Å². The van der Waals surface area contributed by atoms with Gasteiger partial charge in [0.2, 0.25) is 0 Å². The Morgan fingerprint density at radius 3 is 2.38 bits per heavy atom. The fraction of sp³-hybridized carbons (Fsp3) is 0.400. The quantitative estimate of drug-likeness (QED) is 0.654. The number of nitrogens with zero attached hydrogens (tertiary/aromatic N) is 1. The molecule has 1 saturated heterocycles. The third-order valence-corrected chi connectivity index (χ3v) is 3.92. The fourth-order valence-corrected chi connectivity index (χ4v) is 2.46. The summed E-state index contributed by atoms with van der Waals surface area (Å²) in [6, 6.07) is 6.74. The van der Waals surface area contributed by atoms with E-state index in [1.54, 1.807) is 26.0 Å². The number of Topliss-reactive ketones (excluding diaryl/α,β-unsaturated/α-hetero) is 1. The first kappa shape index (κ1) is 15.7. The van der Waals surface area contributed by atoms with Crippen LogP contribution < -0.4 is 5.32 Å². The smallest absolute Gasteiger partial charge is 0.324 e. The van der Waals surface area contributed by atoms with E-state index in [4.69, 9.17) is 0 Å². The van der Waals surface area contributed by atoms with Crippen LogP contribution >= 0.6 is 15.9 Å². The molecule has 0 spiro atoms. The number of halogens is 1. The van der Waals surface area contributed by atoms with Gasteiger partial charge in [-0.15, -0.1) is 0 Å². The first-order valence-electron chi connectivity index (χ1n) is 6.74. The number of carbonyl (C=O) groups is 3. The molecule has 21 heavy (non-hydrogen) atoms. The van der Waals surface area contributed by atoms with Crippen molar-refractivity contribution in [3.63, 3.8) is 0 Å². The van der Waals surface area contributed by atoms with Gasteiger partial charge < -0.3 is 5.32 Å². The Balaban J connectivity index is 1.87. The van der Waals surface area contributed by atoms with Crippen molar-refractivity contribution in [1.29, 1.82) is 0 Å². The maximum absolute atomic E-state index is 12.0. The molecule has 1 aliphatic heterocycles. The van der Waals surface area contributed by atoms with E-state index in [0.29, 0.717) is 18.4 Å². The summed E-state index contributed by atoms with van der Waals surface area (Å²) in [6.07, 6.45) is 0.767. The Hall–Kier alpha value is -1.69. The highest BCUT2D eigenvalue weighted by Gasteiger charge is 2.43. The lowest BCUT2D eigenvalue weighted by atomic mass is 10.1. The molecule has 1 aromatic carbocycles. The molecule has 0 aliphatic carbocycles. The van der Waals surface area contributed by atoms with Gasteiger partial charge in [0.15, 0.2) is 5.78 Å². The second-order valence-corrected chi connectivity index (χ2v) is 6.46. The average Bonchev–Trinajstić information content (AvgIpc) is 2.61. The Labute approximate surface area is 131 Å². The molecular weight excluding hydrogens is 336 g/mol. The van der Waals surface area contributed by atoms with Gasteiger partial charge in [-0.1, -0.05) is 28.1 Å². The zero-order chi connectivity index (χ0) is 15.6. The highest BCUT2D eigenvalue weighted by molar-refractivity contribution is 9.10. The average molecular weight is 353 g/mol. The van der Waals surface area contributed by atoms with Gasteiger partial charge in [-0.3, -0.25) is 14.5 Å². The minimum Gasteiger partial charge on any atom is -0.324 e. The summed E-state index contributed by atoms with van der Waals surface area (Å²) in [5, 5.41) is 2.62. The van der Waals surface area contributed by atoms with E-state index < -0.39 is 5.54 Å². The van der Waals surface area contributed by atoms with Gasteiger partial charge in [0, 0.05) is 23.0 Å². The van der Waals surface area contributed by atoms with Crippen LogP contribution in [0.25, 0.3) is 0 Å². The Kier molecular flexibility index (Phi) is 4.46. The summed E-state index contributed by atoms with van der Waals surface area (Å²) in [5.41, 5.74) is -0.219. The number of imide groups is 1. The van der Waals surface area contributed by atoms with E-state index in [2.05, 4.69) is 21.2 Å². The zero-order valence-electron chi connectivity index (χ0n) is 12.0. The van der Waals surface area contributed by atoms with Crippen LogP contribution in [0.15, 0.2) is 28.7 Å². The van der Waals surface area contributed by atoms with Crippen LogP contribution in [0.2, 0.25) is 0 Å². The molecule has 1 aliphatic rings. The second kappa shape index (κ2) is 5.97. The highest BCUT2D eigenvalue weighted by atomic mass is 79.9.